The lowest BCUT2D eigenvalue weighted by atomic mass is 9.98. The van der Waals surface area contributed by atoms with Gasteiger partial charge in [0.1, 0.15) is 17.7 Å². The van der Waals surface area contributed by atoms with Gasteiger partial charge in [-0.1, -0.05) is 25.2 Å². The lowest BCUT2D eigenvalue weighted by molar-refractivity contribution is -0.169. The van der Waals surface area contributed by atoms with Crippen molar-refractivity contribution in [2.45, 2.75) is 75.0 Å². The van der Waals surface area contributed by atoms with Crippen LogP contribution in [-0.4, -0.2) is 85.8 Å². The number of rotatable bonds is 13. The first-order chi connectivity index (χ1) is 22.9. The lowest BCUT2D eigenvalue weighted by Gasteiger charge is -2.31. The molecule has 4 fully saturated rings. The molecule has 4 aliphatic rings. The molecule has 2 aliphatic carbocycles. The number of ether oxygens (including phenoxy) is 3. The summed E-state index contributed by atoms with van der Waals surface area (Å²) in [6, 6.07) is 6.96. The molecule has 3 aromatic rings. The minimum Gasteiger partial charge on any atom is -0.445 e. The molecule has 260 valence electrons. The summed E-state index contributed by atoms with van der Waals surface area (Å²) in [7, 11) is -4.13. The molecule has 2 aromatic carbocycles. The summed E-state index contributed by atoms with van der Waals surface area (Å²) in [5, 5.41) is 18.4. The number of amides is 1. The molecule has 2 bridgehead atoms. The average Bonchev–Trinajstić information content (AvgIpc) is 3.47. The van der Waals surface area contributed by atoms with E-state index < -0.39 is 52.5 Å². The predicted molar refractivity (Wildman–Crippen MR) is 174 cm³/mol. The van der Waals surface area contributed by atoms with Crippen molar-refractivity contribution >= 4 is 42.8 Å². The first kappa shape index (κ1) is 33.5. The molecule has 0 spiro atoms. The first-order valence-electron chi connectivity index (χ1n) is 16.4. The number of nitrogens with zero attached hydrogens (tertiary/aromatic N) is 2. The topological polar surface area (TPSA) is 139 Å². The van der Waals surface area contributed by atoms with E-state index in [1.807, 2.05) is 13.8 Å². The Morgan fingerprint density at radius 1 is 1.10 bits per heavy atom. The predicted octanol–water partition coefficient (Wildman–Crippen LogP) is 4.50. The summed E-state index contributed by atoms with van der Waals surface area (Å²) >= 11 is 1.38. The number of alkyl carbamates (subject to hydrolysis) is 1. The maximum Gasteiger partial charge on any atom is 0.407 e. The Morgan fingerprint density at radius 3 is 2.58 bits per heavy atom. The molecule has 11 nitrogen and oxygen atoms in total. The van der Waals surface area contributed by atoms with Crippen LogP contribution in [0, 0.1) is 35.3 Å². The third-order valence-electron chi connectivity index (χ3n) is 9.54. The number of aromatic nitrogens is 1. The number of hydrogen-bond donors (Lipinski definition) is 3. The van der Waals surface area contributed by atoms with E-state index in [4.69, 9.17) is 14.2 Å². The molecule has 2 saturated carbocycles. The molecule has 1 aromatic heterocycles. The Kier molecular flexibility index (Phi) is 9.36. The fraction of sp³-hybridized carbons (Fsp3) is 0.576. The second-order valence-electron chi connectivity index (χ2n) is 13.8. The number of halogens is 2. The Balaban J connectivity index is 1.11. The zero-order chi connectivity index (χ0) is 33.7. The van der Waals surface area contributed by atoms with E-state index in [9.17, 15) is 27.1 Å². The van der Waals surface area contributed by atoms with Crippen LogP contribution in [0.4, 0.5) is 18.7 Å². The molecular formula is C33H40F2N4O7S2. The number of carbonyl (C=O) groups excluding carboxylic acids is 1. The third-order valence-corrected chi connectivity index (χ3v) is 12.3. The maximum atomic E-state index is 14.2. The van der Waals surface area contributed by atoms with Crippen LogP contribution in [0.3, 0.4) is 0 Å². The van der Waals surface area contributed by atoms with Gasteiger partial charge >= 0.3 is 6.09 Å². The number of aliphatic hydroxyl groups excluding tert-OH is 1. The minimum atomic E-state index is -4.13. The highest BCUT2D eigenvalue weighted by atomic mass is 32.2. The van der Waals surface area contributed by atoms with Gasteiger partial charge in [-0.2, -0.15) is 4.31 Å². The molecular weight excluding hydrogens is 667 g/mol. The molecule has 3 N–H and O–H groups in total. The van der Waals surface area contributed by atoms with Gasteiger partial charge in [0.15, 0.2) is 11.4 Å². The van der Waals surface area contributed by atoms with E-state index in [1.165, 1.54) is 21.7 Å². The molecule has 1 amide bonds. The van der Waals surface area contributed by atoms with E-state index in [2.05, 4.69) is 15.6 Å². The highest BCUT2D eigenvalue weighted by Gasteiger charge is 2.56. The van der Waals surface area contributed by atoms with Gasteiger partial charge in [-0.3, -0.25) is 0 Å². The lowest BCUT2D eigenvalue weighted by Crippen LogP contribution is -2.52. The number of sulfonamides is 1. The first-order valence-corrected chi connectivity index (χ1v) is 18.7. The highest BCUT2D eigenvalue weighted by molar-refractivity contribution is 7.89. The zero-order valence-corrected chi connectivity index (χ0v) is 28.3. The molecule has 7 rings (SSSR count). The van der Waals surface area contributed by atoms with Crippen LogP contribution in [0.1, 0.15) is 38.7 Å². The van der Waals surface area contributed by atoms with Gasteiger partial charge < -0.3 is 30.0 Å². The van der Waals surface area contributed by atoms with E-state index in [0.717, 1.165) is 42.6 Å². The zero-order valence-electron chi connectivity index (χ0n) is 26.7. The van der Waals surface area contributed by atoms with Crippen molar-refractivity contribution < 1.29 is 41.3 Å². The normalized spacial score (nSPS) is 26.3. The maximum absolute atomic E-state index is 14.2. The molecule has 48 heavy (non-hydrogen) atoms. The Labute approximate surface area is 282 Å². The van der Waals surface area contributed by atoms with Crippen LogP contribution in [0.5, 0.6) is 0 Å². The summed E-state index contributed by atoms with van der Waals surface area (Å²) in [5.74, 6) is -1.60. The fourth-order valence-electron chi connectivity index (χ4n) is 7.12. The number of benzene rings is 2. The van der Waals surface area contributed by atoms with Crippen LogP contribution in [0.25, 0.3) is 10.2 Å². The van der Waals surface area contributed by atoms with Gasteiger partial charge in [-0.25, -0.2) is 27.0 Å². The third kappa shape index (κ3) is 7.17. The second-order valence-corrected chi connectivity index (χ2v) is 16.8. The van der Waals surface area contributed by atoms with Crippen LogP contribution in [0.2, 0.25) is 0 Å². The summed E-state index contributed by atoms with van der Waals surface area (Å²) < 4.78 is 75.8. The molecule has 2 unspecified atom stereocenters. The Hall–Kier alpha value is -2.95. The molecule has 2 saturated heterocycles. The number of hydrogen-bond acceptors (Lipinski definition) is 10. The molecule has 2 aliphatic heterocycles. The van der Waals surface area contributed by atoms with Gasteiger partial charge in [0.25, 0.3) is 0 Å². The molecule has 15 heteroatoms. The average molecular weight is 707 g/mol. The number of fused-ring (bicyclic) bond motifs is 2. The fourth-order valence-corrected chi connectivity index (χ4v) is 9.82. The van der Waals surface area contributed by atoms with Crippen LogP contribution >= 0.6 is 11.3 Å². The summed E-state index contributed by atoms with van der Waals surface area (Å²) in [4.78, 5) is 18.0. The minimum absolute atomic E-state index is 0.00900. The van der Waals surface area contributed by atoms with E-state index in [-0.39, 0.29) is 53.4 Å². The molecule has 7 atom stereocenters. The monoisotopic (exact) mass is 706 g/mol. The molecule has 0 radical (unpaired) electrons. The van der Waals surface area contributed by atoms with Crippen molar-refractivity contribution in [1.82, 2.24) is 14.6 Å². The Morgan fingerprint density at radius 2 is 1.85 bits per heavy atom. The van der Waals surface area contributed by atoms with E-state index in [1.54, 1.807) is 12.1 Å². The number of carbonyl (C=O) groups is 1. The largest absolute Gasteiger partial charge is 0.445 e. The van der Waals surface area contributed by atoms with E-state index in [0.29, 0.717) is 29.5 Å². The van der Waals surface area contributed by atoms with Crippen molar-refractivity contribution in [2.24, 2.45) is 23.7 Å². The van der Waals surface area contributed by atoms with Gasteiger partial charge in [0, 0.05) is 43.0 Å². The van der Waals surface area contributed by atoms with Crippen molar-refractivity contribution in [2.75, 3.05) is 31.6 Å². The summed E-state index contributed by atoms with van der Waals surface area (Å²) in [6.45, 7) is 4.22. The number of anilines is 1. The van der Waals surface area contributed by atoms with Crippen LogP contribution in [-0.2, 0) is 30.7 Å². The second kappa shape index (κ2) is 13.4. The van der Waals surface area contributed by atoms with Gasteiger partial charge in [-0.05, 0) is 67.5 Å². The summed E-state index contributed by atoms with van der Waals surface area (Å²) in [5.41, 5.74) is 0.860. The number of thiazole rings is 1. The quantitative estimate of drug-likeness (QED) is 0.235. The van der Waals surface area contributed by atoms with Crippen molar-refractivity contribution in [3.63, 3.8) is 0 Å². The standard InChI is InChI=1S/C33H40F2N4O7S2/c1-17(2)13-39(48(42,43)23-5-6-26-29(12-23)47-32(37-26)36-22-3-4-22)14-28(40)27(9-18-7-20(34)11-21(35)8-18)38-33(41)46-30-19-10-24-25(30)16-45-31(24)44-15-19/h5-8,11-12,17,19,22,24-25,27-28,30-31,40H,3-4,9-10,13-16H2,1-2H3,(H,36,37)(H,38,41)/t19?,24?,25-,27+,28-,30+,31+/m1/s1. The smallest absolute Gasteiger partial charge is 0.407 e. The highest BCUT2D eigenvalue weighted by Crippen LogP contribution is 2.49. The summed E-state index contributed by atoms with van der Waals surface area (Å²) in [6.07, 6.45) is -0.245. The van der Waals surface area contributed by atoms with Gasteiger partial charge in [-0.15, -0.1) is 0 Å². The number of nitrogens with one attached hydrogen (secondary N) is 2. The van der Waals surface area contributed by atoms with E-state index >= 15 is 0 Å². The number of aliphatic hydroxyl groups is 1. The van der Waals surface area contributed by atoms with Crippen LogP contribution in [0.15, 0.2) is 41.3 Å². The van der Waals surface area contributed by atoms with Crippen molar-refractivity contribution in [3.8, 4) is 0 Å². The van der Waals surface area contributed by atoms with Gasteiger partial charge in [0.05, 0.1) is 40.5 Å². The Bertz CT molecular complexity index is 1750. The van der Waals surface area contributed by atoms with Crippen LogP contribution < -0.4 is 10.6 Å². The SMILES string of the molecule is CC(C)CN(C[C@@H](O)[C@H](Cc1cc(F)cc(F)c1)NC(=O)O[C@H]1C2CO[C@H]3OC[C@@H]1C3C2)S(=O)(=O)c1ccc2nc(NC3CC3)sc2c1. The van der Waals surface area contributed by atoms with Crippen molar-refractivity contribution in [1.29, 1.82) is 0 Å². The van der Waals surface area contributed by atoms with Crippen molar-refractivity contribution in [3.05, 3.63) is 53.6 Å². The van der Waals surface area contributed by atoms with Gasteiger partial charge in [0.2, 0.25) is 10.0 Å². The molecule has 3 heterocycles.